The first-order valence-corrected chi connectivity index (χ1v) is 11.7. The van der Waals surface area contributed by atoms with Gasteiger partial charge in [-0.25, -0.2) is 4.98 Å². The van der Waals surface area contributed by atoms with E-state index < -0.39 is 0 Å². The number of ether oxygens (including phenoxy) is 3. The number of methoxy groups -OCH3 is 3. The Kier molecular flexibility index (Phi) is 7.23. The maximum atomic E-state index is 12.5. The summed E-state index contributed by atoms with van der Waals surface area (Å²) in [5.74, 6) is 2.52. The van der Waals surface area contributed by atoms with Gasteiger partial charge in [0.15, 0.2) is 11.5 Å². The average molecular weight is 465 g/mol. The summed E-state index contributed by atoms with van der Waals surface area (Å²) in [7, 11) is 4.84. The second-order valence-electron chi connectivity index (χ2n) is 8.87. The lowest BCUT2D eigenvalue weighted by molar-refractivity contribution is -0.134. The molecule has 0 bridgehead atoms. The van der Waals surface area contributed by atoms with Crippen molar-refractivity contribution in [2.45, 2.75) is 38.1 Å². The van der Waals surface area contributed by atoms with Crippen molar-refractivity contribution in [2.75, 3.05) is 52.5 Å². The van der Waals surface area contributed by atoms with Crippen LogP contribution in [0.15, 0.2) is 24.3 Å². The number of anilines is 1. The van der Waals surface area contributed by atoms with Crippen LogP contribution in [0, 0.1) is 11.3 Å². The Balaban J connectivity index is 1.65. The van der Waals surface area contributed by atoms with Crippen molar-refractivity contribution >= 4 is 11.7 Å². The summed E-state index contributed by atoms with van der Waals surface area (Å²) >= 11 is 0. The zero-order valence-corrected chi connectivity index (χ0v) is 20.3. The van der Waals surface area contributed by atoms with Crippen LogP contribution in [-0.2, 0) is 9.53 Å². The molecular weight excluding hydrogens is 432 g/mol. The summed E-state index contributed by atoms with van der Waals surface area (Å²) < 4.78 is 15.9. The van der Waals surface area contributed by atoms with E-state index in [1.54, 1.807) is 21.3 Å². The molecule has 1 aliphatic carbocycles. The summed E-state index contributed by atoms with van der Waals surface area (Å²) in [5, 5.41) is 10.0. The Hall–Kier alpha value is -3.31. The molecule has 4 rings (SSSR count). The van der Waals surface area contributed by atoms with Crippen molar-refractivity contribution in [1.82, 2.24) is 9.88 Å². The number of benzene rings is 1. The number of hydrogen-bond donors (Lipinski definition) is 0. The quantitative estimate of drug-likeness (QED) is 0.590. The van der Waals surface area contributed by atoms with Gasteiger partial charge in [-0.2, -0.15) is 5.26 Å². The molecule has 34 heavy (non-hydrogen) atoms. The minimum Gasteiger partial charge on any atom is -0.493 e. The van der Waals surface area contributed by atoms with E-state index in [1.165, 1.54) is 0 Å². The third-order valence-corrected chi connectivity index (χ3v) is 6.58. The number of rotatable bonds is 8. The summed E-state index contributed by atoms with van der Waals surface area (Å²) in [5.41, 5.74) is 3.48. The van der Waals surface area contributed by atoms with Crippen molar-refractivity contribution < 1.29 is 19.0 Å². The highest BCUT2D eigenvalue weighted by Gasteiger charge is 2.33. The third-order valence-electron chi connectivity index (χ3n) is 6.58. The summed E-state index contributed by atoms with van der Waals surface area (Å²) in [6.45, 7) is 4.36. The van der Waals surface area contributed by atoms with Gasteiger partial charge in [0, 0.05) is 44.3 Å². The molecular formula is C26H32N4O4. The van der Waals surface area contributed by atoms with Gasteiger partial charge < -0.3 is 24.0 Å². The fourth-order valence-corrected chi connectivity index (χ4v) is 4.60. The number of carbonyl (C=O) groups excluding carboxylic acids is 1. The maximum absolute atomic E-state index is 12.5. The second kappa shape index (κ2) is 10.3. The molecule has 2 fully saturated rings. The first kappa shape index (κ1) is 23.8. The Morgan fingerprint density at radius 2 is 1.91 bits per heavy atom. The third kappa shape index (κ3) is 4.80. The molecule has 2 aromatic rings. The molecule has 1 aliphatic heterocycles. The van der Waals surface area contributed by atoms with E-state index >= 15 is 0 Å². The zero-order chi connectivity index (χ0) is 24.2. The fourth-order valence-electron chi connectivity index (χ4n) is 4.60. The predicted molar refractivity (Wildman–Crippen MR) is 129 cm³/mol. The Labute approximate surface area is 201 Å². The molecule has 180 valence electrons. The number of piperazine rings is 1. The van der Waals surface area contributed by atoms with Gasteiger partial charge in [0.25, 0.3) is 0 Å². The van der Waals surface area contributed by atoms with E-state index in [0.717, 1.165) is 29.7 Å². The predicted octanol–water partition coefficient (Wildman–Crippen LogP) is 3.59. The maximum Gasteiger partial charge on any atom is 0.225 e. The zero-order valence-electron chi connectivity index (χ0n) is 20.3. The summed E-state index contributed by atoms with van der Waals surface area (Å²) in [6.07, 6.45) is 2.57. The van der Waals surface area contributed by atoms with Crippen LogP contribution in [0.1, 0.15) is 43.4 Å². The van der Waals surface area contributed by atoms with E-state index in [4.69, 9.17) is 19.2 Å². The Bertz CT molecular complexity index is 1090. The summed E-state index contributed by atoms with van der Waals surface area (Å²) in [6, 6.07) is 10.2. The van der Waals surface area contributed by atoms with Crippen LogP contribution in [0.25, 0.3) is 11.1 Å². The van der Waals surface area contributed by atoms with Crippen molar-refractivity contribution in [3.63, 3.8) is 0 Å². The molecule has 1 saturated heterocycles. The highest BCUT2D eigenvalue weighted by molar-refractivity contribution is 5.77. The molecule has 2 aliphatic rings. The normalized spacial score (nSPS) is 17.9. The molecule has 8 heteroatoms. The number of aromatic nitrogens is 1. The molecule has 2 heterocycles. The molecule has 1 aromatic carbocycles. The van der Waals surface area contributed by atoms with E-state index in [-0.39, 0.29) is 11.9 Å². The van der Waals surface area contributed by atoms with E-state index in [2.05, 4.69) is 11.0 Å². The lowest BCUT2D eigenvalue weighted by Crippen LogP contribution is -2.54. The Morgan fingerprint density at radius 3 is 2.53 bits per heavy atom. The molecule has 0 radical (unpaired) electrons. The number of nitriles is 1. The highest BCUT2D eigenvalue weighted by Crippen LogP contribution is 2.46. The standard InChI is InChI=1S/C26H32N4O4/c1-17-16-29(10-11-30(17)24(31)9-12-32-2)26-20(15-27)13-21(25(28-26)18-5-6-18)19-7-8-22(33-3)23(14-19)34-4/h7-8,13-14,17-18H,5-6,9-12,16H2,1-4H3. The number of amides is 1. The number of pyridine rings is 1. The van der Waals surface area contributed by atoms with Gasteiger partial charge >= 0.3 is 0 Å². The van der Waals surface area contributed by atoms with Gasteiger partial charge in [-0.1, -0.05) is 6.07 Å². The molecule has 8 nitrogen and oxygen atoms in total. The van der Waals surface area contributed by atoms with Crippen LogP contribution in [0.4, 0.5) is 5.82 Å². The minimum absolute atomic E-state index is 0.0290. The average Bonchev–Trinajstić information content (AvgIpc) is 3.71. The smallest absolute Gasteiger partial charge is 0.225 e. The molecule has 0 N–H and O–H groups in total. The van der Waals surface area contributed by atoms with Crippen LogP contribution in [0.3, 0.4) is 0 Å². The van der Waals surface area contributed by atoms with Crippen molar-refractivity contribution in [3.8, 4) is 28.7 Å². The first-order chi connectivity index (χ1) is 16.5. The van der Waals surface area contributed by atoms with Gasteiger partial charge in [0.2, 0.25) is 5.91 Å². The second-order valence-corrected chi connectivity index (χ2v) is 8.87. The van der Waals surface area contributed by atoms with Crippen LogP contribution in [0.5, 0.6) is 11.5 Å². The van der Waals surface area contributed by atoms with Crippen LogP contribution >= 0.6 is 0 Å². The molecule has 0 spiro atoms. The van der Waals surface area contributed by atoms with Gasteiger partial charge in [0.05, 0.1) is 38.5 Å². The van der Waals surface area contributed by atoms with Crippen molar-refractivity contribution in [3.05, 3.63) is 35.5 Å². The van der Waals surface area contributed by atoms with Crippen LogP contribution in [-0.4, -0.2) is 69.4 Å². The van der Waals surface area contributed by atoms with Crippen molar-refractivity contribution in [2.24, 2.45) is 0 Å². The minimum atomic E-state index is 0.0290. The topological polar surface area (TPSA) is 87.9 Å². The Morgan fingerprint density at radius 1 is 1.15 bits per heavy atom. The fraction of sp³-hybridized carbons (Fsp3) is 0.500. The first-order valence-electron chi connectivity index (χ1n) is 11.7. The van der Waals surface area contributed by atoms with E-state index in [1.807, 2.05) is 36.1 Å². The number of nitrogens with zero attached hydrogens (tertiary/aromatic N) is 4. The van der Waals surface area contributed by atoms with Gasteiger partial charge in [-0.15, -0.1) is 0 Å². The van der Waals surface area contributed by atoms with E-state index in [0.29, 0.717) is 61.5 Å². The lowest BCUT2D eigenvalue weighted by Gasteiger charge is -2.41. The van der Waals surface area contributed by atoms with Gasteiger partial charge in [-0.3, -0.25) is 4.79 Å². The molecule has 1 aromatic heterocycles. The summed E-state index contributed by atoms with van der Waals surface area (Å²) in [4.78, 5) is 21.6. The van der Waals surface area contributed by atoms with Gasteiger partial charge in [0.1, 0.15) is 11.9 Å². The largest absolute Gasteiger partial charge is 0.493 e. The molecule has 1 atom stereocenters. The SMILES string of the molecule is COCCC(=O)N1CCN(c2nc(C3CC3)c(-c3ccc(OC)c(OC)c3)cc2C#N)CC1C. The van der Waals surface area contributed by atoms with E-state index in [9.17, 15) is 10.1 Å². The van der Waals surface area contributed by atoms with Crippen molar-refractivity contribution in [1.29, 1.82) is 5.26 Å². The molecule has 1 saturated carbocycles. The molecule has 1 amide bonds. The monoisotopic (exact) mass is 464 g/mol. The van der Waals surface area contributed by atoms with Crippen LogP contribution in [0.2, 0.25) is 0 Å². The highest BCUT2D eigenvalue weighted by atomic mass is 16.5. The van der Waals surface area contributed by atoms with Crippen LogP contribution < -0.4 is 14.4 Å². The number of hydrogen-bond acceptors (Lipinski definition) is 7. The lowest BCUT2D eigenvalue weighted by atomic mass is 9.98. The number of carbonyl (C=O) groups is 1. The molecule has 1 unspecified atom stereocenters. The van der Waals surface area contributed by atoms with Gasteiger partial charge in [-0.05, 0) is 43.5 Å².